The zero-order valence-corrected chi connectivity index (χ0v) is 10.7. The van der Waals surface area contributed by atoms with E-state index in [4.69, 9.17) is 15.6 Å². The monoisotopic (exact) mass is 275 g/mol. The van der Waals surface area contributed by atoms with Crippen molar-refractivity contribution in [3.63, 3.8) is 0 Å². The van der Waals surface area contributed by atoms with Gasteiger partial charge in [0.05, 0.1) is 0 Å². The van der Waals surface area contributed by atoms with E-state index in [1.165, 1.54) is 12.1 Å². The number of carbonyl (C=O) groups excluding carboxylic acids is 1. The van der Waals surface area contributed by atoms with E-state index >= 15 is 0 Å². The lowest BCUT2D eigenvalue weighted by molar-refractivity contribution is 0.1000. The number of primary amides is 1. The molecule has 0 saturated heterocycles. The minimum atomic E-state index is -0.691. The highest BCUT2D eigenvalue weighted by Crippen LogP contribution is 2.25. The van der Waals surface area contributed by atoms with E-state index in [1.54, 1.807) is 24.3 Å². The van der Waals surface area contributed by atoms with E-state index in [0.717, 1.165) is 11.6 Å². The lowest BCUT2D eigenvalue weighted by atomic mass is 10.1. The molecule has 0 fully saturated rings. The van der Waals surface area contributed by atoms with Crippen molar-refractivity contribution in [2.45, 2.75) is 6.42 Å². The first-order valence-corrected chi connectivity index (χ1v) is 6.07. The maximum atomic E-state index is 13.7. The highest BCUT2D eigenvalue weighted by atomic mass is 19.1. The molecule has 3 N–H and O–H groups in total. The molecule has 4 nitrogen and oxygen atoms in total. The average molecular weight is 275 g/mol. The normalized spacial score (nSPS) is 10.3. The van der Waals surface area contributed by atoms with E-state index < -0.39 is 11.7 Å². The molecule has 0 aliphatic heterocycles. The van der Waals surface area contributed by atoms with Crippen LogP contribution >= 0.6 is 0 Å². The number of nitrogens with two attached hydrogens (primary N) is 1. The molecule has 104 valence electrons. The molecule has 2 rings (SSSR count). The van der Waals surface area contributed by atoms with Crippen LogP contribution in [0.15, 0.2) is 42.5 Å². The van der Waals surface area contributed by atoms with Crippen molar-refractivity contribution in [2.24, 2.45) is 5.73 Å². The zero-order valence-electron chi connectivity index (χ0n) is 10.7. The number of amides is 1. The number of carbonyl (C=O) groups is 1. The third kappa shape index (κ3) is 3.33. The lowest BCUT2D eigenvalue weighted by Gasteiger charge is -2.08. The summed E-state index contributed by atoms with van der Waals surface area (Å²) in [6.45, 7) is 0.0728. The van der Waals surface area contributed by atoms with Crippen molar-refractivity contribution in [2.75, 3.05) is 6.61 Å². The number of halogens is 1. The van der Waals surface area contributed by atoms with E-state index in [9.17, 15) is 9.18 Å². The fraction of sp³-hybridized carbons (Fsp3) is 0.133. The molecule has 20 heavy (non-hydrogen) atoms. The topological polar surface area (TPSA) is 72.6 Å². The fourth-order valence-corrected chi connectivity index (χ4v) is 1.72. The molecule has 2 aromatic carbocycles. The molecule has 0 aromatic heterocycles. The van der Waals surface area contributed by atoms with Gasteiger partial charge in [-0.15, -0.1) is 0 Å². The SMILES string of the molecule is NC(=O)c1ccc(Oc2ccc(CCO)cc2)c(F)c1. The van der Waals surface area contributed by atoms with Crippen LogP contribution in [-0.4, -0.2) is 17.6 Å². The first kappa shape index (κ1) is 14.0. The Labute approximate surface area is 115 Å². The molecular weight excluding hydrogens is 261 g/mol. The minimum absolute atomic E-state index is 0.0184. The van der Waals surface area contributed by atoms with Gasteiger partial charge in [0.25, 0.3) is 0 Å². The average Bonchev–Trinajstić information content (AvgIpc) is 2.43. The summed E-state index contributed by atoms with van der Waals surface area (Å²) >= 11 is 0. The molecule has 0 heterocycles. The van der Waals surface area contributed by atoms with Crippen LogP contribution in [0.25, 0.3) is 0 Å². The Morgan fingerprint density at radius 3 is 2.45 bits per heavy atom. The summed E-state index contributed by atoms with van der Waals surface area (Å²) < 4.78 is 19.1. The molecule has 0 saturated carbocycles. The first-order valence-electron chi connectivity index (χ1n) is 6.07. The van der Waals surface area contributed by atoms with Crippen LogP contribution in [0.1, 0.15) is 15.9 Å². The summed E-state index contributed by atoms with van der Waals surface area (Å²) in [5.74, 6) is -0.855. The number of benzene rings is 2. The van der Waals surface area contributed by atoms with Gasteiger partial charge >= 0.3 is 0 Å². The summed E-state index contributed by atoms with van der Waals surface area (Å²) in [5.41, 5.74) is 6.12. The largest absolute Gasteiger partial charge is 0.454 e. The smallest absolute Gasteiger partial charge is 0.248 e. The molecule has 5 heteroatoms. The van der Waals surface area contributed by atoms with Gasteiger partial charge in [0.2, 0.25) is 5.91 Å². The molecule has 1 amide bonds. The quantitative estimate of drug-likeness (QED) is 0.879. The van der Waals surface area contributed by atoms with Crippen LogP contribution in [-0.2, 0) is 6.42 Å². The van der Waals surface area contributed by atoms with Crippen molar-refractivity contribution in [1.82, 2.24) is 0 Å². The molecule has 0 spiro atoms. The second-order valence-electron chi connectivity index (χ2n) is 4.23. The summed E-state index contributed by atoms with van der Waals surface area (Å²) in [5, 5.41) is 8.81. The van der Waals surface area contributed by atoms with Crippen LogP contribution in [0.3, 0.4) is 0 Å². The number of hydrogen-bond donors (Lipinski definition) is 2. The van der Waals surface area contributed by atoms with E-state index in [0.29, 0.717) is 12.2 Å². The number of ether oxygens (including phenoxy) is 1. The molecule has 0 unspecified atom stereocenters. The summed E-state index contributed by atoms with van der Waals surface area (Å²) in [6.07, 6.45) is 0.557. The Morgan fingerprint density at radius 2 is 1.90 bits per heavy atom. The summed E-state index contributed by atoms with van der Waals surface area (Å²) in [6, 6.07) is 10.8. The van der Waals surface area contributed by atoms with E-state index in [1.807, 2.05) is 0 Å². The Balaban J connectivity index is 2.15. The van der Waals surface area contributed by atoms with Crippen LogP contribution in [0, 0.1) is 5.82 Å². The second-order valence-corrected chi connectivity index (χ2v) is 4.23. The minimum Gasteiger partial charge on any atom is -0.454 e. The van der Waals surface area contributed by atoms with Crippen molar-refractivity contribution in [3.05, 3.63) is 59.4 Å². The molecule has 2 aromatic rings. The van der Waals surface area contributed by atoms with Crippen molar-refractivity contribution in [3.8, 4) is 11.5 Å². The first-order chi connectivity index (χ1) is 9.60. The Morgan fingerprint density at radius 1 is 1.20 bits per heavy atom. The van der Waals surface area contributed by atoms with Crippen LogP contribution in [0.4, 0.5) is 4.39 Å². The highest BCUT2D eigenvalue weighted by Gasteiger charge is 2.08. The van der Waals surface area contributed by atoms with Gasteiger partial charge in [-0.05, 0) is 42.3 Å². The predicted octanol–water partition coefficient (Wildman–Crippen LogP) is 2.25. The van der Waals surface area contributed by atoms with Gasteiger partial charge in [0.15, 0.2) is 11.6 Å². The lowest BCUT2D eigenvalue weighted by Crippen LogP contribution is -2.11. The number of rotatable bonds is 5. The van der Waals surface area contributed by atoms with Gasteiger partial charge in [-0.25, -0.2) is 4.39 Å². The summed E-state index contributed by atoms with van der Waals surface area (Å²) in [4.78, 5) is 10.9. The zero-order chi connectivity index (χ0) is 14.5. The fourth-order valence-electron chi connectivity index (χ4n) is 1.72. The third-order valence-electron chi connectivity index (χ3n) is 2.77. The second kappa shape index (κ2) is 6.16. The van der Waals surface area contributed by atoms with Gasteiger partial charge < -0.3 is 15.6 Å². The molecular formula is C15H14FNO3. The molecule has 0 aliphatic carbocycles. The van der Waals surface area contributed by atoms with Gasteiger partial charge in [-0.2, -0.15) is 0 Å². The maximum absolute atomic E-state index is 13.7. The highest BCUT2D eigenvalue weighted by molar-refractivity contribution is 5.92. The standard InChI is InChI=1S/C15H14FNO3/c16-13-9-11(15(17)19)3-6-14(13)20-12-4-1-10(2-5-12)7-8-18/h1-6,9,18H,7-8H2,(H2,17,19). The van der Waals surface area contributed by atoms with Crippen LogP contribution in [0.2, 0.25) is 0 Å². The number of hydrogen-bond acceptors (Lipinski definition) is 3. The van der Waals surface area contributed by atoms with Gasteiger partial charge in [-0.3, -0.25) is 4.79 Å². The van der Waals surface area contributed by atoms with E-state index in [2.05, 4.69) is 0 Å². The maximum Gasteiger partial charge on any atom is 0.248 e. The molecule has 0 bridgehead atoms. The van der Waals surface area contributed by atoms with Gasteiger partial charge in [0, 0.05) is 12.2 Å². The number of aliphatic hydroxyl groups is 1. The van der Waals surface area contributed by atoms with Crippen molar-refractivity contribution < 1.29 is 19.0 Å². The Kier molecular flexibility index (Phi) is 4.32. The molecule has 0 atom stereocenters. The van der Waals surface area contributed by atoms with Crippen LogP contribution in [0.5, 0.6) is 11.5 Å². The Hall–Kier alpha value is -2.40. The Bertz CT molecular complexity index is 611. The van der Waals surface area contributed by atoms with E-state index in [-0.39, 0.29) is 17.9 Å². The molecule has 0 aliphatic rings. The number of aliphatic hydroxyl groups excluding tert-OH is 1. The van der Waals surface area contributed by atoms with Gasteiger partial charge in [-0.1, -0.05) is 12.1 Å². The summed E-state index contributed by atoms with van der Waals surface area (Å²) in [7, 11) is 0. The third-order valence-corrected chi connectivity index (χ3v) is 2.77. The van der Waals surface area contributed by atoms with Crippen molar-refractivity contribution in [1.29, 1.82) is 0 Å². The molecule has 0 radical (unpaired) electrons. The van der Waals surface area contributed by atoms with Gasteiger partial charge in [0.1, 0.15) is 5.75 Å². The predicted molar refractivity (Wildman–Crippen MR) is 72.2 cm³/mol. The van der Waals surface area contributed by atoms with Crippen molar-refractivity contribution >= 4 is 5.91 Å². The van der Waals surface area contributed by atoms with Crippen LogP contribution < -0.4 is 10.5 Å².